The molecule has 0 bridgehead atoms. The fraction of sp³-hybridized carbons (Fsp3) is 0.368. The van der Waals surface area contributed by atoms with Gasteiger partial charge in [0.2, 0.25) is 5.91 Å². The minimum atomic E-state index is -0.780. The van der Waals surface area contributed by atoms with Crippen molar-refractivity contribution in [2.75, 3.05) is 20.2 Å². The average molecular weight is 377 g/mol. The molecule has 1 saturated heterocycles. The fourth-order valence-corrected chi connectivity index (χ4v) is 3.14. The molecule has 138 valence electrons. The van der Waals surface area contributed by atoms with Crippen molar-refractivity contribution >= 4 is 23.4 Å². The lowest BCUT2D eigenvalue weighted by Crippen LogP contribution is -2.53. The zero-order valence-corrected chi connectivity index (χ0v) is 15.5. The monoisotopic (exact) mass is 376 g/mol. The van der Waals surface area contributed by atoms with Gasteiger partial charge in [0.15, 0.2) is 6.10 Å². The summed E-state index contributed by atoms with van der Waals surface area (Å²) in [5.41, 5.74) is 0.798. The Bertz CT molecular complexity index is 787. The van der Waals surface area contributed by atoms with E-state index in [4.69, 9.17) is 20.8 Å². The van der Waals surface area contributed by atoms with Crippen molar-refractivity contribution in [2.45, 2.75) is 25.5 Å². The fourth-order valence-electron chi connectivity index (χ4n) is 3.02. The zero-order chi connectivity index (χ0) is 18.7. The van der Waals surface area contributed by atoms with Crippen LogP contribution in [-0.2, 0) is 20.7 Å². The number of morpholine rings is 1. The predicted molar refractivity (Wildman–Crippen MR) is 96.9 cm³/mol. The van der Waals surface area contributed by atoms with E-state index < -0.39 is 12.1 Å². The summed E-state index contributed by atoms with van der Waals surface area (Å²) in [6.07, 6.45) is -0.190. The molecule has 6 nitrogen and oxygen atoms in total. The third-order valence-corrected chi connectivity index (χ3v) is 4.67. The molecule has 1 aliphatic heterocycles. The number of benzene rings is 1. The second kappa shape index (κ2) is 7.93. The number of furan rings is 1. The second-order valence-corrected chi connectivity index (χ2v) is 6.72. The van der Waals surface area contributed by atoms with Gasteiger partial charge in [-0.3, -0.25) is 9.59 Å². The standard InChI is InChI=1S/C19H21ClN2O4/c1-12-3-8-15(26-12)9-10-21-19(24)18-17(22(2)16(23)11-25-18)13-4-6-14(20)7-5-13/h3-8,17-18H,9-11H2,1-2H3,(H,21,24)/t17-,18+/m0/s1. The highest BCUT2D eigenvalue weighted by molar-refractivity contribution is 6.30. The van der Waals surface area contributed by atoms with E-state index in [0.29, 0.717) is 18.0 Å². The molecule has 0 saturated carbocycles. The molecule has 2 amide bonds. The topological polar surface area (TPSA) is 71.8 Å². The first kappa shape index (κ1) is 18.5. The highest BCUT2D eigenvalue weighted by Gasteiger charge is 2.39. The van der Waals surface area contributed by atoms with Crippen LogP contribution in [0.15, 0.2) is 40.8 Å². The molecular weight excluding hydrogens is 356 g/mol. The Balaban J connectivity index is 1.69. The number of nitrogens with zero attached hydrogens (tertiary/aromatic N) is 1. The summed E-state index contributed by atoms with van der Waals surface area (Å²) in [5, 5.41) is 3.46. The predicted octanol–water partition coefficient (Wildman–Crippen LogP) is 2.50. The number of hydrogen-bond donors (Lipinski definition) is 1. The number of rotatable bonds is 5. The molecule has 1 N–H and O–H groups in total. The summed E-state index contributed by atoms with van der Waals surface area (Å²) in [4.78, 5) is 26.3. The smallest absolute Gasteiger partial charge is 0.251 e. The summed E-state index contributed by atoms with van der Waals surface area (Å²) in [6, 6.07) is 10.4. The third-order valence-electron chi connectivity index (χ3n) is 4.42. The number of aryl methyl sites for hydroxylation is 1. The van der Waals surface area contributed by atoms with E-state index in [2.05, 4.69) is 5.32 Å². The van der Waals surface area contributed by atoms with Gasteiger partial charge >= 0.3 is 0 Å². The van der Waals surface area contributed by atoms with E-state index in [1.54, 1.807) is 36.2 Å². The number of amides is 2. The molecule has 2 aromatic rings. The van der Waals surface area contributed by atoms with Crippen molar-refractivity contribution in [3.05, 3.63) is 58.5 Å². The van der Waals surface area contributed by atoms with Crippen LogP contribution in [0, 0.1) is 6.92 Å². The number of carbonyl (C=O) groups is 2. The van der Waals surface area contributed by atoms with E-state index >= 15 is 0 Å². The van der Waals surface area contributed by atoms with Crippen molar-refractivity contribution in [1.82, 2.24) is 10.2 Å². The average Bonchev–Trinajstić information content (AvgIpc) is 3.03. The molecule has 0 unspecified atom stereocenters. The van der Waals surface area contributed by atoms with E-state index in [9.17, 15) is 9.59 Å². The SMILES string of the molecule is Cc1ccc(CCNC(=O)[C@@H]2OCC(=O)N(C)[C@H]2c2ccc(Cl)cc2)o1. The lowest BCUT2D eigenvalue weighted by molar-refractivity contribution is -0.162. The first-order valence-corrected chi connectivity index (χ1v) is 8.79. The number of likely N-dealkylation sites (N-methyl/N-ethyl adjacent to an activating group) is 1. The zero-order valence-electron chi connectivity index (χ0n) is 14.7. The Hall–Kier alpha value is -2.31. The molecule has 3 rings (SSSR count). The number of nitrogens with one attached hydrogen (secondary N) is 1. The number of ether oxygens (including phenoxy) is 1. The molecule has 2 heterocycles. The first-order valence-electron chi connectivity index (χ1n) is 8.41. The van der Waals surface area contributed by atoms with Gasteiger partial charge in [0.05, 0.1) is 6.04 Å². The number of carbonyl (C=O) groups excluding carboxylic acids is 2. The quantitative estimate of drug-likeness (QED) is 0.870. The van der Waals surface area contributed by atoms with Crippen molar-refractivity contribution in [3.63, 3.8) is 0 Å². The maximum atomic E-state index is 12.7. The van der Waals surface area contributed by atoms with E-state index in [-0.39, 0.29) is 18.4 Å². The summed E-state index contributed by atoms with van der Waals surface area (Å²) < 4.78 is 11.1. The van der Waals surface area contributed by atoms with E-state index in [0.717, 1.165) is 17.1 Å². The van der Waals surface area contributed by atoms with Crippen LogP contribution in [0.5, 0.6) is 0 Å². The van der Waals surface area contributed by atoms with Crippen LogP contribution in [0.3, 0.4) is 0 Å². The number of halogens is 1. The van der Waals surface area contributed by atoms with Gasteiger partial charge in [-0.05, 0) is 36.8 Å². The normalized spacial score (nSPS) is 20.3. The van der Waals surface area contributed by atoms with Crippen LogP contribution in [0.1, 0.15) is 23.1 Å². The molecule has 2 atom stereocenters. The van der Waals surface area contributed by atoms with E-state index in [1.807, 2.05) is 19.1 Å². The van der Waals surface area contributed by atoms with Crippen LogP contribution in [0.2, 0.25) is 5.02 Å². The van der Waals surface area contributed by atoms with Gasteiger partial charge in [0.25, 0.3) is 5.91 Å². The molecule has 0 radical (unpaired) electrons. The highest BCUT2D eigenvalue weighted by atomic mass is 35.5. The molecule has 7 heteroatoms. The van der Waals surface area contributed by atoms with Crippen LogP contribution in [0.4, 0.5) is 0 Å². The minimum Gasteiger partial charge on any atom is -0.466 e. The Morgan fingerprint density at radius 3 is 2.65 bits per heavy atom. The summed E-state index contributed by atoms with van der Waals surface area (Å²) in [5.74, 6) is 1.23. The van der Waals surface area contributed by atoms with Crippen molar-refractivity contribution in [2.24, 2.45) is 0 Å². The van der Waals surface area contributed by atoms with E-state index in [1.165, 1.54) is 0 Å². The van der Waals surface area contributed by atoms with Crippen molar-refractivity contribution in [3.8, 4) is 0 Å². The second-order valence-electron chi connectivity index (χ2n) is 6.29. The highest BCUT2D eigenvalue weighted by Crippen LogP contribution is 2.30. The summed E-state index contributed by atoms with van der Waals surface area (Å²) in [6.45, 7) is 2.19. The molecule has 0 aliphatic carbocycles. The summed E-state index contributed by atoms with van der Waals surface area (Å²) >= 11 is 5.94. The van der Waals surface area contributed by atoms with Gasteiger partial charge < -0.3 is 19.4 Å². The molecule has 1 fully saturated rings. The molecule has 1 aromatic carbocycles. The Morgan fingerprint density at radius 1 is 1.27 bits per heavy atom. The summed E-state index contributed by atoms with van der Waals surface area (Å²) in [7, 11) is 1.68. The molecule has 1 aliphatic rings. The van der Waals surface area contributed by atoms with Gasteiger partial charge in [-0.1, -0.05) is 23.7 Å². The molecule has 26 heavy (non-hydrogen) atoms. The van der Waals surface area contributed by atoms with Crippen molar-refractivity contribution < 1.29 is 18.7 Å². The van der Waals surface area contributed by atoms with Crippen molar-refractivity contribution in [1.29, 1.82) is 0 Å². The van der Waals surface area contributed by atoms with Crippen LogP contribution in [-0.4, -0.2) is 43.0 Å². The minimum absolute atomic E-state index is 0.115. The Morgan fingerprint density at radius 2 is 2.00 bits per heavy atom. The van der Waals surface area contributed by atoms with Gasteiger partial charge in [-0.15, -0.1) is 0 Å². The van der Waals surface area contributed by atoms with Gasteiger partial charge in [-0.25, -0.2) is 0 Å². The molecular formula is C19H21ClN2O4. The Labute approximate surface area is 157 Å². The number of hydrogen-bond acceptors (Lipinski definition) is 4. The van der Waals surface area contributed by atoms with Gasteiger partial charge in [-0.2, -0.15) is 0 Å². The van der Waals surface area contributed by atoms with Crippen LogP contribution in [0.25, 0.3) is 0 Å². The maximum absolute atomic E-state index is 12.7. The molecule has 0 spiro atoms. The Kier molecular flexibility index (Phi) is 5.64. The first-order chi connectivity index (χ1) is 12.5. The maximum Gasteiger partial charge on any atom is 0.251 e. The molecule has 1 aromatic heterocycles. The lowest BCUT2D eigenvalue weighted by Gasteiger charge is -2.38. The van der Waals surface area contributed by atoms with Gasteiger partial charge in [0.1, 0.15) is 18.1 Å². The largest absolute Gasteiger partial charge is 0.466 e. The van der Waals surface area contributed by atoms with Crippen LogP contribution >= 0.6 is 11.6 Å². The third kappa shape index (κ3) is 4.08. The van der Waals surface area contributed by atoms with Crippen LogP contribution < -0.4 is 5.32 Å². The van der Waals surface area contributed by atoms with Gasteiger partial charge in [0, 0.05) is 25.0 Å². The lowest BCUT2D eigenvalue weighted by atomic mass is 9.97.